The number of hydrogen-bond donors (Lipinski definition) is 1. The average Bonchev–Trinajstić information content (AvgIpc) is 3.70. The number of anilines is 1. The van der Waals surface area contributed by atoms with Crippen molar-refractivity contribution < 1.29 is 19.4 Å². The highest BCUT2D eigenvalue weighted by Gasteiger charge is 2.49. The first-order valence-corrected chi connectivity index (χ1v) is 16.2. The standard InChI is InChI=1S/C32H28ClN5O4S2/c1-3-4-16-42-23-9-7-8-21(17-23)27-25(28(39)26-19(2)34-24-10-5-6-15-37(24)26)29(40)30(41)38(27)31-35-36-32(44-31)43-18-20-11-13-22(33)14-12-20/h5-15,17,27,39H,3-4,16,18H2,1-2H3. The first kappa shape index (κ1) is 29.9. The van der Waals surface area contributed by atoms with Crippen LogP contribution < -0.4 is 9.64 Å². The summed E-state index contributed by atoms with van der Waals surface area (Å²) in [5.41, 5.74) is 3.06. The molecule has 44 heavy (non-hydrogen) atoms. The van der Waals surface area contributed by atoms with Gasteiger partial charge in [0.1, 0.15) is 17.1 Å². The molecular formula is C32H28ClN5O4S2. The van der Waals surface area contributed by atoms with E-state index in [1.165, 1.54) is 28.0 Å². The fourth-order valence-corrected chi connectivity index (χ4v) is 7.01. The molecule has 0 spiro atoms. The van der Waals surface area contributed by atoms with Gasteiger partial charge in [-0.3, -0.25) is 18.9 Å². The van der Waals surface area contributed by atoms with Gasteiger partial charge in [-0.15, -0.1) is 10.2 Å². The van der Waals surface area contributed by atoms with Gasteiger partial charge in [0, 0.05) is 17.0 Å². The number of pyridine rings is 1. The summed E-state index contributed by atoms with van der Waals surface area (Å²) in [5, 5.41) is 21.3. The zero-order chi connectivity index (χ0) is 30.8. The van der Waals surface area contributed by atoms with Gasteiger partial charge in [-0.1, -0.05) is 78.4 Å². The number of aliphatic hydroxyl groups excluding tert-OH is 1. The van der Waals surface area contributed by atoms with Crippen molar-refractivity contribution >= 4 is 62.9 Å². The number of nitrogens with zero attached hydrogens (tertiary/aromatic N) is 5. The lowest BCUT2D eigenvalue weighted by molar-refractivity contribution is -0.132. The number of ketones is 1. The van der Waals surface area contributed by atoms with Gasteiger partial charge in [0.15, 0.2) is 10.1 Å². The van der Waals surface area contributed by atoms with Crippen LogP contribution >= 0.6 is 34.7 Å². The highest BCUT2D eigenvalue weighted by molar-refractivity contribution is 8.00. The van der Waals surface area contributed by atoms with Crippen LogP contribution in [0, 0.1) is 6.92 Å². The molecule has 1 aliphatic rings. The third kappa shape index (κ3) is 5.82. The molecule has 224 valence electrons. The SMILES string of the molecule is CCCCOc1cccc(C2C(=C(O)c3c(C)nc4ccccn34)C(=O)C(=O)N2c2nnc(SCc3ccc(Cl)cc3)s2)c1. The Balaban J connectivity index is 1.43. The number of ether oxygens (including phenoxy) is 1. The Labute approximate surface area is 267 Å². The number of unbranched alkanes of at least 4 members (excludes halogenated alkanes) is 1. The highest BCUT2D eigenvalue weighted by Crippen LogP contribution is 2.45. The Bertz CT molecular complexity index is 1890. The Morgan fingerprint density at radius 2 is 1.91 bits per heavy atom. The number of aryl methyl sites for hydroxylation is 1. The molecule has 1 fully saturated rings. The number of amides is 1. The number of fused-ring (bicyclic) bond motifs is 1. The van der Waals surface area contributed by atoms with Crippen molar-refractivity contribution in [2.45, 2.75) is 42.8 Å². The van der Waals surface area contributed by atoms with Gasteiger partial charge in [-0.2, -0.15) is 0 Å². The van der Waals surface area contributed by atoms with Crippen LogP contribution in [0.15, 0.2) is 82.8 Å². The van der Waals surface area contributed by atoms with E-state index >= 15 is 0 Å². The van der Waals surface area contributed by atoms with Crippen LogP contribution in [-0.2, 0) is 15.3 Å². The number of benzene rings is 2. The number of carbonyl (C=O) groups is 2. The van der Waals surface area contributed by atoms with Crippen LogP contribution in [0.4, 0.5) is 5.13 Å². The van der Waals surface area contributed by atoms with Crippen molar-refractivity contribution in [3.05, 3.63) is 106 Å². The monoisotopic (exact) mass is 645 g/mol. The summed E-state index contributed by atoms with van der Waals surface area (Å²) in [7, 11) is 0. The number of rotatable bonds is 10. The minimum atomic E-state index is -0.972. The highest BCUT2D eigenvalue weighted by atomic mass is 35.5. The number of carbonyl (C=O) groups excluding carboxylic acids is 2. The maximum atomic E-state index is 13.8. The van der Waals surface area contributed by atoms with Gasteiger partial charge >= 0.3 is 5.91 Å². The van der Waals surface area contributed by atoms with E-state index in [2.05, 4.69) is 22.1 Å². The molecule has 6 rings (SSSR count). The molecule has 0 bridgehead atoms. The molecule has 9 nitrogen and oxygen atoms in total. The van der Waals surface area contributed by atoms with Gasteiger partial charge in [-0.25, -0.2) is 4.98 Å². The summed E-state index contributed by atoms with van der Waals surface area (Å²) in [6.07, 6.45) is 3.62. The molecule has 4 heterocycles. The molecule has 0 saturated carbocycles. The fraction of sp³-hybridized carbons (Fsp3) is 0.219. The number of aliphatic hydroxyl groups is 1. The maximum Gasteiger partial charge on any atom is 0.301 e. The molecule has 12 heteroatoms. The molecule has 0 aliphatic carbocycles. The molecule has 3 aromatic heterocycles. The van der Waals surface area contributed by atoms with Crippen molar-refractivity contribution in [3.8, 4) is 5.75 Å². The van der Waals surface area contributed by atoms with Gasteiger partial charge in [0.2, 0.25) is 5.13 Å². The van der Waals surface area contributed by atoms with Crippen LogP contribution in [0.3, 0.4) is 0 Å². The number of halogens is 1. The van der Waals surface area contributed by atoms with Gasteiger partial charge in [-0.05, 0) is 60.9 Å². The molecule has 1 atom stereocenters. The minimum absolute atomic E-state index is 0.0555. The van der Waals surface area contributed by atoms with Crippen molar-refractivity contribution in [1.29, 1.82) is 0 Å². The van der Waals surface area contributed by atoms with Gasteiger partial charge in [0.05, 0.1) is 23.9 Å². The Morgan fingerprint density at radius 3 is 2.70 bits per heavy atom. The average molecular weight is 646 g/mol. The van der Waals surface area contributed by atoms with Crippen molar-refractivity contribution in [2.24, 2.45) is 0 Å². The lowest BCUT2D eigenvalue weighted by Crippen LogP contribution is -2.29. The predicted octanol–water partition coefficient (Wildman–Crippen LogP) is 7.25. The molecule has 5 aromatic rings. The number of imidazole rings is 1. The van der Waals surface area contributed by atoms with Crippen LogP contribution in [0.2, 0.25) is 5.02 Å². The fourth-order valence-electron chi connectivity index (χ4n) is 5.06. The second-order valence-electron chi connectivity index (χ2n) is 10.2. The zero-order valence-electron chi connectivity index (χ0n) is 23.9. The number of aromatic nitrogens is 4. The van der Waals surface area contributed by atoms with E-state index in [0.717, 1.165) is 18.4 Å². The Morgan fingerprint density at radius 1 is 1.09 bits per heavy atom. The molecule has 1 aliphatic heterocycles. The lowest BCUT2D eigenvalue weighted by Gasteiger charge is -2.23. The first-order valence-electron chi connectivity index (χ1n) is 14.0. The molecule has 1 amide bonds. The van der Waals surface area contributed by atoms with Crippen LogP contribution in [0.1, 0.15) is 48.3 Å². The summed E-state index contributed by atoms with van der Waals surface area (Å²) in [6.45, 7) is 4.37. The van der Waals surface area contributed by atoms with E-state index in [-0.39, 0.29) is 16.5 Å². The summed E-state index contributed by atoms with van der Waals surface area (Å²) < 4.78 is 8.29. The molecule has 1 saturated heterocycles. The normalized spacial score (nSPS) is 16.2. The number of Topliss-reactive ketones (excluding diaryl/α,β-unsaturated/α-hetero) is 1. The second-order valence-corrected chi connectivity index (χ2v) is 12.8. The maximum absolute atomic E-state index is 13.8. The molecule has 1 N–H and O–H groups in total. The molecule has 1 unspecified atom stereocenters. The Kier molecular flexibility index (Phi) is 8.69. The van der Waals surface area contributed by atoms with Crippen LogP contribution in [-0.4, -0.2) is 43.0 Å². The van der Waals surface area contributed by atoms with E-state index in [4.69, 9.17) is 16.3 Å². The third-order valence-corrected chi connectivity index (χ3v) is 9.57. The lowest BCUT2D eigenvalue weighted by atomic mass is 9.96. The van der Waals surface area contributed by atoms with Gasteiger partial charge in [0.25, 0.3) is 5.78 Å². The van der Waals surface area contributed by atoms with E-state index in [0.29, 0.717) is 50.1 Å². The summed E-state index contributed by atoms with van der Waals surface area (Å²) in [5.74, 6) is -0.708. The van der Waals surface area contributed by atoms with Crippen molar-refractivity contribution in [3.63, 3.8) is 0 Å². The van der Waals surface area contributed by atoms with E-state index in [1.54, 1.807) is 29.7 Å². The van der Waals surface area contributed by atoms with E-state index in [1.807, 2.05) is 54.6 Å². The summed E-state index contributed by atoms with van der Waals surface area (Å²) in [6, 6.07) is 19.3. The van der Waals surface area contributed by atoms with E-state index < -0.39 is 17.7 Å². The number of thioether (sulfide) groups is 1. The quantitative estimate of drug-likeness (QED) is 0.0423. The second kappa shape index (κ2) is 12.8. The largest absolute Gasteiger partial charge is 0.505 e. The van der Waals surface area contributed by atoms with Crippen LogP contribution in [0.5, 0.6) is 5.75 Å². The van der Waals surface area contributed by atoms with Crippen molar-refractivity contribution in [1.82, 2.24) is 19.6 Å². The molecule has 2 aromatic carbocycles. The van der Waals surface area contributed by atoms with Crippen LogP contribution in [0.25, 0.3) is 11.4 Å². The Hall–Kier alpha value is -4.19. The predicted molar refractivity (Wildman–Crippen MR) is 172 cm³/mol. The molecule has 0 radical (unpaired) electrons. The summed E-state index contributed by atoms with van der Waals surface area (Å²) in [4.78, 5) is 33.4. The topological polar surface area (TPSA) is 110 Å². The van der Waals surface area contributed by atoms with Crippen molar-refractivity contribution in [2.75, 3.05) is 11.5 Å². The summed E-state index contributed by atoms with van der Waals surface area (Å²) >= 11 is 8.69. The first-order chi connectivity index (χ1) is 21.4. The molecular weight excluding hydrogens is 618 g/mol. The number of hydrogen-bond acceptors (Lipinski definition) is 9. The third-order valence-electron chi connectivity index (χ3n) is 7.19. The smallest absolute Gasteiger partial charge is 0.301 e. The van der Waals surface area contributed by atoms with Gasteiger partial charge < -0.3 is 9.84 Å². The van der Waals surface area contributed by atoms with E-state index in [9.17, 15) is 14.7 Å². The zero-order valence-corrected chi connectivity index (χ0v) is 26.3. The minimum Gasteiger partial charge on any atom is -0.505 e.